The summed E-state index contributed by atoms with van der Waals surface area (Å²) in [4.78, 5) is 15.3. The molecule has 0 saturated heterocycles. The number of carbonyl (C=O) groups is 1. The Morgan fingerprint density at radius 1 is 1.14 bits per heavy atom. The summed E-state index contributed by atoms with van der Waals surface area (Å²) >= 11 is 0. The third-order valence-electron chi connectivity index (χ3n) is 3.51. The van der Waals surface area contributed by atoms with E-state index in [1.165, 1.54) is 0 Å². The Hall–Kier alpha value is -2.79. The fourth-order valence-electron chi connectivity index (χ4n) is 2.37. The molecule has 0 aliphatic heterocycles. The number of nitrogen functional groups attached to an aromatic ring is 1. The number of ether oxygens (including phenoxy) is 1. The van der Waals surface area contributed by atoms with Gasteiger partial charge in [0.2, 0.25) is 0 Å². The van der Waals surface area contributed by atoms with E-state index in [9.17, 15) is 4.79 Å². The minimum absolute atomic E-state index is 0.407. The third-order valence-corrected chi connectivity index (χ3v) is 3.51. The molecule has 0 fully saturated rings. The van der Waals surface area contributed by atoms with Gasteiger partial charge < -0.3 is 21.2 Å². The van der Waals surface area contributed by atoms with Crippen molar-refractivity contribution in [2.75, 3.05) is 12.3 Å². The smallest absolute Gasteiger partial charge is 0.343 e. The Morgan fingerprint density at radius 2 is 1.91 bits per heavy atom. The van der Waals surface area contributed by atoms with Gasteiger partial charge in [0.05, 0.1) is 5.56 Å². The molecule has 1 aromatic heterocycles. The monoisotopic (exact) mass is 295 g/mol. The van der Waals surface area contributed by atoms with Crippen LogP contribution in [0.4, 0.5) is 5.69 Å². The average Bonchev–Trinajstić information content (AvgIpc) is 2.91. The van der Waals surface area contributed by atoms with Crippen LogP contribution >= 0.6 is 0 Å². The molecule has 0 bridgehead atoms. The standard InChI is InChI=1S/C17H17N3O2/c18-8-7-12-10-20-16-6-5-14(9-15(12)16)22-17(21)11-1-3-13(19)4-2-11/h1-6,9-10,20H,7-8,18-19H2. The highest BCUT2D eigenvalue weighted by Crippen LogP contribution is 2.24. The van der Waals surface area contributed by atoms with Gasteiger partial charge >= 0.3 is 5.97 Å². The van der Waals surface area contributed by atoms with Crippen LogP contribution in [0.15, 0.2) is 48.7 Å². The van der Waals surface area contributed by atoms with Gasteiger partial charge in [-0.05, 0) is 61.0 Å². The van der Waals surface area contributed by atoms with Gasteiger partial charge in [-0.3, -0.25) is 0 Å². The summed E-state index contributed by atoms with van der Waals surface area (Å²) in [5, 5.41) is 1.02. The molecule has 3 rings (SSSR count). The average molecular weight is 295 g/mol. The van der Waals surface area contributed by atoms with E-state index in [0.29, 0.717) is 23.5 Å². The van der Waals surface area contributed by atoms with Crippen LogP contribution in [-0.2, 0) is 6.42 Å². The number of hydrogen-bond donors (Lipinski definition) is 3. The summed E-state index contributed by atoms with van der Waals surface area (Å²) in [6, 6.07) is 12.1. The quantitative estimate of drug-likeness (QED) is 0.391. The van der Waals surface area contributed by atoms with Crippen molar-refractivity contribution in [2.45, 2.75) is 6.42 Å². The van der Waals surface area contributed by atoms with Crippen molar-refractivity contribution < 1.29 is 9.53 Å². The zero-order valence-corrected chi connectivity index (χ0v) is 12.0. The Kier molecular flexibility index (Phi) is 3.80. The lowest BCUT2D eigenvalue weighted by molar-refractivity contribution is 0.0735. The van der Waals surface area contributed by atoms with E-state index in [1.807, 2.05) is 18.3 Å². The van der Waals surface area contributed by atoms with Crippen LogP contribution < -0.4 is 16.2 Å². The zero-order valence-electron chi connectivity index (χ0n) is 12.0. The van der Waals surface area contributed by atoms with E-state index in [0.717, 1.165) is 22.9 Å². The number of esters is 1. The van der Waals surface area contributed by atoms with E-state index < -0.39 is 5.97 Å². The lowest BCUT2D eigenvalue weighted by Crippen LogP contribution is -2.08. The normalized spacial score (nSPS) is 10.8. The largest absolute Gasteiger partial charge is 0.423 e. The van der Waals surface area contributed by atoms with Crippen LogP contribution in [0.2, 0.25) is 0 Å². The molecule has 112 valence electrons. The molecule has 0 saturated carbocycles. The molecule has 3 aromatic rings. The van der Waals surface area contributed by atoms with Gasteiger partial charge in [0.1, 0.15) is 5.75 Å². The van der Waals surface area contributed by atoms with Crippen molar-refractivity contribution in [3.05, 3.63) is 59.8 Å². The summed E-state index contributed by atoms with van der Waals surface area (Å²) in [7, 11) is 0. The third kappa shape index (κ3) is 2.80. The number of nitrogens with two attached hydrogens (primary N) is 2. The van der Waals surface area contributed by atoms with Crippen LogP contribution in [0.1, 0.15) is 15.9 Å². The maximum absolute atomic E-state index is 12.1. The predicted molar refractivity (Wildman–Crippen MR) is 86.9 cm³/mol. The number of aromatic amines is 1. The van der Waals surface area contributed by atoms with Crippen molar-refractivity contribution in [2.24, 2.45) is 5.73 Å². The lowest BCUT2D eigenvalue weighted by atomic mass is 10.1. The molecule has 5 N–H and O–H groups in total. The number of rotatable bonds is 4. The molecule has 0 radical (unpaired) electrons. The maximum Gasteiger partial charge on any atom is 0.343 e. The van der Waals surface area contributed by atoms with Crippen LogP contribution in [0.3, 0.4) is 0 Å². The van der Waals surface area contributed by atoms with E-state index >= 15 is 0 Å². The first-order valence-corrected chi connectivity index (χ1v) is 7.05. The van der Waals surface area contributed by atoms with Crippen LogP contribution in [0.25, 0.3) is 10.9 Å². The van der Waals surface area contributed by atoms with E-state index in [-0.39, 0.29) is 0 Å². The number of H-pyrrole nitrogens is 1. The van der Waals surface area contributed by atoms with Crippen molar-refractivity contribution in [3.8, 4) is 5.75 Å². The highest BCUT2D eigenvalue weighted by atomic mass is 16.5. The molecule has 22 heavy (non-hydrogen) atoms. The minimum Gasteiger partial charge on any atom is -0.423 e. The molecule has 0 amide bonds. The second-order valence-electron chi connectivity index (χ2n) is 5.07. The van der Waals surface area contributed by atoms with Crippen LogP contribution in [-0.4, -0.2) is 17.5 Å². The topological polar surface area (TPSA) is 94.1 Å². The molecule has 2 aromatic carbocycles. The maximum atomic E-state index is 12.1. The summed E-state index contributed by atoms with van der Waals surface area (Å²) in [5.74, 6) is 0.0995. The first kappa shape index (κ1) is 14.2. The number of benzene rings is 2. The van der Waals surface area contributed by atoms with Gasteiger partial charge in [0.25, 0.3) is 0 Å². The Labute approximate surface area is 127 Å². The number of fused-ring (bicyclic) bond motifs is 1. The lowest BCUT2D eigenvalue weighted by Gasteiger charge is -2.05. The van der Waals surface area contributed by atoms with Crippen molar-refractivity contribution in [3.63, 3.8) is 0 Å². The molecular weight excluding hydrogens is 278 g/mol. The fraction of sp³-hybridized carbons (Fsp3) is 0.118. The first-order chi connectivity index (χ1) is 10.7. The van der Waals surface area contributed by atoms with Crippen molar-refractivity contribution in [1.82, 2.24) is 4.98 Å². The van der Waals surface area contributed by atoms with Gasteiger partial charge in [-0.15, -0.1) is 0 Å². The SMILES string of the molecule is NCCc1c[nH]c2ccc(OC(=O)c3ccc(N)cc3)cc12. The molecular formula is C17H17N3O2. The summed E-state index contributed by atoms with van der Waals surface area (Å²) in [6.07, 6.45) is 2.71. The van der Waals surface area contributed by atoms with Crippen molar-refractivity contribution >= 4 is 22.6 Å². The number of nitrogens with one attached hydrogen (secondary N) is 1. The van der Waals surface area contributed by atoms with Crippen molar-refractivity contribution in [1.29, 1.82) is 0 Å². The summed E-state index contributed by atoms with van der Waals surface area (Å²) in [5.41, 5.74) is 14.4. The van der Waals surface area contributed by atoms with Crippen LogP contribution in [0, 0.1) is 0 Å². The second kappa shape index (κ2) is 5.91. The Morgan fingerprint density at radius 3 is 2.64 bits per heavy atom. The van der Waals surface area contributed by atoms with E-state index in [1.54, 1.807) is 30.3 Å². The number of anilines is 1. The molecule has 5 nitrogen and oxygen atoms in total. The molecule has 1 heterocycles. The number of aromatic nitrogens is 1. The van der Waals surface area contributed by atoms with Crippen LogP contribution in [0.5, 0.6) is 5.75 Å². The molecule has 5 heteroatoms. The Balaban J connectivity index is 1.85. The number of hydrogen-bond acceptors (Lipinski definition) is 4. The molecule has 0 aliphatic rings. The summed E-state index contributed by atoms with van der Waals surface area (Å²) in [6.45, 7) is 0.572. The minimum atomic E-state index is -0.407. The van der Waals surface area contributed by atoms with E-state index in [4.69, 9.17) is 16.2 Å². The van der Waals surface area contributed by atoms with Gasteiger partial charge in [-0.1, -0.05) is 0 Å². The second-order valence-corrected chi connectivity index (χ2v) is 5.07. The van der Waals surface area contributed by atoms with Gasteiger partial charge in [-0.25, -0.2) is 4.79 Å². The molecule has 0 spiro atoms. The highest BCUT2D eigenvalue weighted by Gasteiger charge is 2.10. The predicted octanol–water partition coefficient (Wildman–Crippen LogP) is 2.47. The van der Waals surface area contributed by atoms with E-state index in [2.05, 4.69) is 4.98 Å². The molecule has 0 atom stereocenters. The van der Waals surface area contributed by atoms with Gasteiger partial charge in [0, 0.05) is 22.8 Å². The fourth-order valence-corrected chi connectivity index (χ4v) is 2.37. The molecule has 0 unspecified atom stereocenters. The van der Waals surface area contributed by atoms with Gasteiger partial charge in [-0.2, -0.15) is 0 Å². The number of carbonyl (C=O) groups excluding carboxylic acids is 1. The molecule has 0 aliphatic carbocycles. The van der Waals surface area contributed by atoms with Gasteiger partial charge in [0.15, 0.2) is 0 Å². The Bertz CT molecular complexity index is 806. The summed E-state index contributed by atoms with van der Waals surface area (Å²) < 4.78 is 5.43. The highest BCUT2D eigenvalue weighted by molar-refractivity contribution is 5.92. The first-order valence-electron chi connectivity index (χ1n) is 7.05. The zero-order chi connectivity index (χ0) is 15.5.